The molecule has 27 heavy (non-hydrogen) atoms. The first kappa shape index (κ1) is 17.5. The first-order valence-corrected chi connectivity index (χ1v) is 9.12. The Kier molecular flexibility index (Phi) is 4.58. The van der Waals surface area contributed by atoms with Gasteiger partial charge in [-0.3, -0.25) is 4.79 Å². The van der Waals surface area contributed by atoms with Crippen LogP contribution in [0.3, 0.4) is 0 Å². The van der Waals surface area contributed by atoms with Gasteiger partial charge >= 0.3 is 0 Å². The van der Waals surface area contributed by atoms with E-state index in [1.54, 1.807) is 0 Å². The van der Waals surface area contributed by atoms with E-state index in [2.05, 4.69) is 5.32 Å². The van der Waals surface area contributed by atoms with Crippen molar-refractivity contribution in [2.45, 2.75) is 31.4 Å². The van der Waals surface area contributed by atoms with Gasteiger partial charge in [0.2, 0.25) is 5.90 Å². The summed E-state index contributed by atoms with van der Waals surface area (Å²) in [5.74, 6) is 1.06. The molecule has 2 aromatic carbocycles. The van der Waals surface area contributed by atoms with E-state index in [0.29, 0.717) is 25.3 Å². The van der Waals surface area contributed by atoms with Gasteiger partial charge in [-0.25, -0.2) is 4.99 Å². The van der Waals surface area contributed by atoms with Crippen LogP contribution in [0.15, 0.2) is 53.5 Å². The van der Waals surface area contributed by atoms with Crippen molar-refractivity contribution < 1.29 is 19.4 Å². The van der Waals surface area contributed by atoms with E-state index in [4.69, 9.17) is 19.6 Å². The number of aliphatic hydroxyl groups is 1. The number of benzene rings is 2. The minimum absolute atomic E-state index is 0.105. The summed E-state index contributed by atoms with van der Waals surface area (Å²) in [6.45, 7) is 2.46. The predicted octanol–water partition coefficient (Wildman–Crippen LogP) is 2.55. The molecule has 4 rings (SSSR count). The Hall–Kier alpha value is -2.86. The molecule has 0 aromatic heterocycles. The average molecular weight is 366 g/mol. The van der Waals surface area contributed by atoms with Crippen molar-refractivity contribution in [3.05, 3.63) is 59.7 Å². The largest absolute Gasteiger partial charge is 0.494 e. The molecule has 0 radical (unpaired) electrons. The second-order valence-electron chi connectivity index (χ2n) is 6.84. The van der Waals surface area contributed by atoms with Gasteiger partial charge in [-0.05, 0) is 42.8 Å². The highest BCUT2D eigenvalue weighted by molar-refractivity contribution is 6.06. The van der Waals surface area contributed by atoms with Gasteiger partial charge in [0.25, 0.3) is 5.91 Å². The number of aliphatic imine (C=N–C) groups is 1. The van der Waals surface area contributed by atoms with E-state index in [1.807, 2.05) is 55.5 Å². The summed E-state index contributed by atoms with van der Waals surface area (Å²) in [5, 5.41) is 11.8. The second-order valence-corrected chi connectivity index (χ2v) is 6.84. The van der Waals surface area contributed by atoms with Crippen LogP contribution in [0.1, 0.15) is 24.5 Å². The fraction of sp³-hybridized carbons (Fsp3) is 0.333. The molecule has 0 aliphatic carbocycles. The molecule has 1 amide bonds. The highest BCUT2D eigenvalue weighted by atomic mass is 16.5. The number of anilines is 1. The smallest absolute Gasteiger partial charge is 0.256 e. The van der Waals surface area contributed by atoms with Crippen molar-refractivity contribution in [3.8, 4) is 5.75 Å². The zero-order valence-electron chi connectivity index (χ0n) is 15.1. The number of fused-ring (bicyclic) bond motifs is 1. The molecule has 6 nitrogen and oxygen atoms in total. The van der Waals surface area contributed by atoms with Crippen LogP contribution in [0.4, 0.5) is 5.69 Å². The predicted molar refractivity (Wildman–Crippen MR) is 102 cm³/mol. The van der Waals surface area contributed by atoms with Gasteiger partial charge in [-0.1, -0.05) is 18.2 Å². The molecule has 0 saturated heterocycles. The lowest BCUT2D eigenvalue weighted by Crippen LogP contribution is -2.52. The van der Waals surface area contributed by atoms with Gasteiger partial charge in [0.05, 0.1) is 6.61 Å². The summed E-state index contributed by atoms with van der Waals surface area (Å²) in [4.78, 5) is 17.6. The lowest BCUT2D eigenvalue weighted by Gasteiger charge is -2.33. The molecule has 0 bridgehead atoms. The molecule has 2 aromatic rings. The molecule has 2 atom stereocenters. The molecule has 2 aliphatic rings. The van der Waals surface area contributed by atoms with E-state index >= 15 is 0 Å². The molecule has 6 heteroatoms. The Balaban J connectivity index is 1.58. The first-order chi connectivity index (χ1) is 13.1. The molecule has 0 unspecified atom stereocenters. The van der Waals surface area contributed by atoms with Gasteiger partial charge in [0.1, 0.15) is 11.9 Å². The Labute approximate surface area is 157 Å². The van der Waals surface area contributed by atoms with E-state index in [9.17, 15) is 4.79 Å². The van der Waals surface area contributed by atoms with Crippen LogP contribution in [0, 0.1) is 0 Å². The van der Waals surface area contributed by atoms with Crippen LogP contribution in [0.5, 0.6) is 5.75 Å². The maximum Gasteiger partial charge on any atom is 0.256 e. The number of nitrogens with zero attached hydrogens (tertiary/aromatic N) is 1. The van der Waals surface area contributed by atoms with Crippen LogP contribution in [-0.4, -0.2) is 41.8 Å². The third kappa shape index (κ3) is 3.17. The van der Waals surface area contributed by atoms with Crippen LogP contribution < -0.4 is 10.1 Å². The van der Waals surface area contributed by atoms with Crippen molar-refractivity contribution in [1.29, 1.82) is 0 Å². The number of hydrogen-bond donors (Lipinski definition) is 2. The number of carbonyl (C=O) groups is 1. The standard InChI is InChI=1S/C21H22N2O4/c1-14-21(13-16-5-2-3-6-18(16)22-20(21)25)23-19(27-14)15-7-9-17(10-8-15)26-12-4-11-24/h2-3,5-10,14,24H,4,11-13H2,1H3,(H,22,25)/t14-,21-/m1/s1. The zero-order valence-corrected chi connectivity index (χ0v) is 15.1. The zero-order chi connectivity index (χ0) is 18.9. The molecule has 2 heterocycles. The van der Waals surface area contributed by atoms with Crippen molar-refractivity contribution in [3.63, 3.8) is 0 Å². The van der Waals surface area contributed by atoms with Crippen molar-refractivity contribution in [2.75, 3.05) is 18.5 Å². The molecule has 2 N–H and O–H groups in total. The third-order valence-corrected chi connectivity index (χ3v) is 5.05. The molecular formula is C21H22N2O4. The number of amides is 1. The number of nitrogens with one attached hydrogen (secondary N) is 1. The third-order valence-electron chi connectivity index (χ3n) is 5.05. The number of hydrogen-bond acceptors (Lipinski definition) is 5. The van der Waals surface area contributed by atoms with Gasteiger partial charge in [0, 0.05) is 30.7 Å². The van der Waals surface area contributed by atoms with Crippen molar-refractivity contribution in [1.82, 2.24) is 0 Å². The summed E-state index contributed by atoms with van der Waals surface area (Å²) in [7, 11) is 0. The number of carbonyl (C=O) groups excluding carboxylic acids is 1. The van der Waals surface area contributed by atoms with Crippen molar-refractivity contribution >= 4 is 17.5 Å². The van der Waals surface area contributed by atoms with E-state index < -0.39 is 5.54 Å². The fourth-order valence-electron chi connectivity index (χ4n) is 3.46. The van der Waals surface area contributed by atoms with Crippen LogP contribution in [0.25, 0.3) is 0 Å². The van der Waals surface area contributed by atoms with E-state index in [0.717, 1.165) is 22.6 Å². The normalized spacial score (nSPS) is 23.4. The number of para-hydroxylation sites is 1. The SMILES string of the molecule is C[C@H]1OC(c2ccc(OCCCO)cc2)=N[C@]12Cc1ccccc1NC2=O. The molecular weight excluding hydrogens is 344 g/mol. The summed E-state index contributed by atoms with van der Waals surface area (Å²) in [5.41, 5.74) is 1.76. The monoisotopic (exact) mass is 366 g/mol. The number of ether oxygens (including phenoxy) is 2. The van der Waals surface area contributed by atoms with E-state index in [-0.39, 0.29) is 18.6 Å². The van der Waals surface area contributed by atoms with Crippen molar-refractivity contribution in [2.24, 2.45) is 4.99 Å². The summed E-state index contributed by atoms with van der Waals surface area (Å²) < 4.78 is 11.5. The Morgan fingerprint density at radius 3 is 2.81 bits per heavy atom. The summed E-state index contributed by atoms with van der Waals surface area (Å²) in [6.07, 6.45) is 0.747. The summed E-state index contributed by atoms with van der Waals surface area (Å²) in [6, 6.07) is 15.2. The maximum absolute atomic E-state index is 12.8. The average Bonchev–Trinajstić information content (AvgIpc) is 3.01. The number of rotatable bonds is 5. The highest BCUT2D eigenvalue weighted by Crippen LogP contribution is 2.38. The van der Waals surface area contributed by atoms with Gasteiger partial charge in [0.15, 0.2) is 5.54 Å². The Bertz CT molecular complexity index is 878. The van der Waals surface area contributed by atoms with Crippen LogP contribution >= 0.6 is 0 Å². The molecule has 0 fully saturated rings. The van der Waals surface area contributed by atoms with Gasteiger partial charge < -0.3 is 19.9 Å². The summed E-state index contributed by atoms with van der Waals surface area (Å²) >= 11 is 0. The minimum Gasteiger partial charge on any atom is -0.494 e. The molecule has 140 valence electrons. The number of aliphatic hydroxyl groups excluding tert-OH is 1. The second kappa shape index (κ2) is 7.04. The Morgan fingerprint density at radius 1 is 1.26 bits per heavy atom. The molecule has 1 spiro atoms. The first-order valence-electron chi connectivity index (χ1n) is 9.12. The molecule has 0 saturated carbocycles. The fourth-order valence-corrected chi connectivity index (χ4v) is 3.46. The lowest BCUT2D eigenvalue weighted by atomic mass is 9.82. The molecule has 2 aliphatic heterocycles. The van der Waals surface area contributed by atoms with Gasteiger partial charge in [-0.2, -0.15) is 0 Å². The Morgan fingerprint density at radius 2 is 2.04 bits per heavy atom. The van der Waals surface area contributed by atoms with Crippen LogP contribution in [0.2, 0.25) is 0 Å². The van der Waals surface area contributed by atoms with Crippen LogP contribution in [-0.2, 0) is 16.0 Å². The van der Waals surface area contributed by atoms with E-state index in [1.165, 1.54) is 0 Å². The maximum atomic E-state index is 12.8. The highest BCUT2D eigenvalue weighted by Gasteiger charge is 2.52. The minimum atomic E-state index is -0.944. The lowest BCUT2D eigenvalue weighted by molar-refractivity contribution is -0.123. The quantitative estimate of drug-likeness (QED) is 0.797. The van der Waals surface area contributed by atoms with Gasteiger partial charge in [-0.15, -0.1) is 0 Å². The topological polar surface area (TPSA) is 80.2 Å².